The van der Waals surface area contributed by atoms with Crippen LogP contribution in [0.4, 0.5) is 0 Å². The predicted molar refractivity (Wildman–Crippen MR) is 456 cm³/mol. The molecule has 5 heterocycles. The van der Waals surface area contributed by atoms with E-state index in [1.807, 2.05) is 96.3 Å². The van der Waals surface area contributed by atoms with Crippen LogP contribution in [0.25, 0.3) is 229 Å². The molecule has 22 aromatic rings. The molecular weight excluding hydrogens is 1370 g/mol. The maximum absolute atomic E-state index is 6.98. The normalized spacial score (nSPS) is 11.9. The predicted octanol–water partition coefficient (Wildman–Crippen LogP) is 27.6. The van der Waals surface area contributed by atoms with Crippen LogP contribution in [-0.4, -0.2) is 29.9 Å². The summed E-state index contributed by atoms with van der Waals surface area (Å²) in [6.45, 7) is 0. The van der Waals surface area contributed by atoms with E-state index < -0.39 is 0 Å². The summed E-state index contributed by atoms with van der Waals surface area (Å²) in [6, 6.07) is 126. The summed E-state index contributed by atoms with van der Waals surface area (Å²) < 4.78 is 11.9. The van der Waals surface area contributed by atoms with Crippen LogP contribution in [0.15, 0.2) is 356 Å². The monoisotopic (exact) mass is 1420 g/mol. The van der Waals surface area contributed by atoms with Gasteiger partial charge in [-0.1, -0.05) is 291 Å². The number of para-hydroxylation sites is 1. The molecule has 7 nitrogen and oxygen atoms in total. The van der Waals surface area contributed by atoms with E-state index in [0.29, 0.717) is 34.9 Å². The third-order valence-corrected chi connectivity index (χ3v) is 23.9. The van der Waals surface area contributed by atoms with E-state index in [0.717, 1.165) is 94.1 Å². The standard InChI is InChI=1S/C100H58N6OS2/c1-4-18-63(19-5-1)95-101-96(64-20-6-2-7-21-64)103-98(102-95)66-44-42-61(43-45-66)73-28-16-34-89-92(73)84-57-70(49-52-87(84)108-89)68-47-39-60-38-46-67(54-72(60)55-68)59-36-40-62(41-37-59)74-29-14-30-80-91-81(31-15-33-86(91)107-94(74)80)99-104-97(65-22-8-3-9-23-65)105-100(106-99)82-32-17-35-90-93(82)85-58-71(50-53-88(85)109-90)69-48-51-79-77-26-11-10-24-75(77)76-25-12-13-27-78(76)83(79)56-69/h1-58H. The number of thiophene rings is 2. The lowest BCUT2D eigenvalue weighted by Crippen LogP contribution is -2.00. The molecule has 0 amide bonds. The van der Waals surface area contributed by atoms with Gasteiger partial charge in [0.25, 0.3) is 0 Å². The molecule has 0 spiro atoms. The Hall–Kier alpha value is -14.0. The van der Waals surface area contributed by atoms with Crippen molar-refractivity contribution in [2.75, 3.05) is 0 Å². The number of furan rings is 1. The summed E-state index contributed by atoms with van der Waals surface area (Å²) in [5.41, 5.74) is 18.4. The van der Waals surface area contributed by atoms with E-state index in [1.54, 1.807) is 11.3 Å². The van der Waals surface area contributed by atoms with Gasteiger partial charge in [0.1, 0.15) is 11.2 Å². The van der Waals surface area contributed by atoms with Gasteiger partial charge in [-0.15, -0.1) is 22.7 Å². The van der Waals surface area contributed by atoms with Gasteiger partial charge in [-0.05, 0) is 154 Å². The van der Waals surface area contributed by atoms with Crippen molar-refractivity contribution in [3.8, 4) is 124 Å². The molecule has 22 rings (SSSR count). The van der Waals surface area contributed by atoms with Crippen LogP contribution >= 0.6 is 22.7 Å². The molecule has 5 aromatic heterocycles. The van der Waals surface area contributed by atoms with Gasteiger partial charge in [0.2, 0.25) is 0 Å². The quantitative estimate of drug-likeness (QED) is 0.119. The highest BCUT2D eigenvalue weighted by molar-refractivity contribution is 7.26. The lowest BCUT2D eigenvalue weighted by molar-refractivity contribution is 0.670. The second-order valence-electron chi connectivity index (χ2n) is 27.9. The second kappa shape index (κ2) is 25.4. The first-order valence-electron chi connectivity index (χ1n) is 36.6. The lowest BCUT2D eigenvalue weighted by Gasteiger charge is -2.12. The first-order valence-corrected chi connectivity index (χ1v) is 38.2. The Bertz CT molecular complexity index is 7370. The zero-order valence-corrected chi connectivity index (χ0v) is 60.0. The van der Waals surface area contributed by atoms with Gasteiger partial charge in [-0.25, -0.2) is 29.9 Å². The average molecular weight is 1420 g/mol. The van der Waals surface area contributed by atoms with Crippen molar-refractivity contribution >= 4 is 128 Å². The summed E-state index contributed by atoms with van der Waals surface area (Å²) in [5.74, 6) is 3.69. The van der Waals surface area contributed by atoms with Crippen LogP contribution in [0.3, 0.4) is 0 Å². The van der Waals surface area contributed by atoms with Gasteiger partial charge in [-0.2, -0.15) is 0 Å². The molecule has 0 aliphatic rings. The molecule has 0 radical (unpaired) electrons. The van der Waals surface area contributed by atoms with E-state index in [-0.39, 0.29) is 0 Å². The van der Waals surface area contributed by atoms with Crippen LogP contribution in [-0.2, 0) is 0 Å². The fourth-order valence-electron chi connectivity index (χ4n) is 16.3. The Kier molecular flexibility index (Phi) is 14.5. The highest BCUT2D eigenvalue weighted by Gasteiger charge is 2.24. The summed E-state index contributed by atoms with van der Waals surface area (Å²) in [6.07, 6.45) is 0. The highest BCUT2D eigenvalue weighted by Crippen LogP contribution is 2.47. The fraction of sp³-hybridized carbons (Fsp3) is 0. The molecular formula is C100H58N6OS2. The molecule has 0 saturated carbocycles. The summed E-state index contributed by atoms with van der Waals surface area (Å²) in [5, 5.41) is 16.6. The zero-order chi connectivity index (χ0) is 71.6. The smallest absolute Gasteiger partial charge is 0.164 e. The number of benzene rings is 17. The van der Waals surface area contributed by atoms with Crippen LogP contribution in [0, 0.1) is 0 Å². The van der Waals surface area contributed by atoms with E-state index in [9.17, 15) is 0 Å². The summed E-state index contributed by atoms with van der Waals surface area (Å²) in [4.78, 5) is 31.1. The maximum atomic E-state index is 6.98. The molecule has 0 fully saturated rings. The molecule has 506 valence electrons. The number of rotatable bonds is 11. The van der Waals surface area contributed by atoms with Crippen LogP contribution in [0.1, 0.15) is 0 Å². The molecule has 17 aromatic carbocycles. The Balaban J connectivity index is 0.576. The molecule has 0 bridgehead atoms. The van der Waals surface area contributed by atoms with Gasteiger partial charge in [0.15, 0.2) is 34.9 Å². The maximum Gasteiger partial charge on any atom is 0.164 e. The second-order valence-corrected chi connectivity index (χ2v) is 30.1. The average Bonchev–Trinajstić information content (AvgIpc) is 1.38. The zero-order valence-electron chi connectivity index (χ0n) is 58.4. The first-order chi connectivity index (χ1) is 54.0. The van der Waals surface area contributed by atoms with E-state index in [1.165, 1.54) is 100 Å². The Labute approximate surface area is 633 Å². The third kappa shape index (κ3) is 10.7. The number of nitrogens with zero attached hydrogens (tertiary/aromatic N) is 6. The fourth-order valence-corrected chi connectivity index (χ4v) is 18.5. The molecule has 0 atom stereocenters. The largest absolute Gasteiger partial charge is 0.455 e. The molecule has 0 aliphatic carbocycles. The molecule has 9 heteroatoms. The third-order valence-electron chi connectivity index (χ3n) is 21.6. The molecule has 0 aliphatic heterocycles. The van der Waals surface area contributed by atoms with Crippen molar-refractivity contribution in [3.63, 3.8) is 0 Å². The van der Waals surface area contributed by atoms with E-state index in [2.05, 4.69) is 267 Å². The number of hydrogen-bond donors (Lipinski definition) is 0. The number of hydrogen-bond acceptors (Lipinski definition) is 9. The van der Waals surface area contributed by atoms with Crippen LogP contribution in [0.5, 0.6) is 0 Å². The van der Waals surface area contributed by atoms with Crippen molar-refractivity contribution < 1.29 is 4.42 Å². The van der Waals surface area contributed by atoms with Crippen LogP contribution in [0.2, 0.25) is 0 Å². The van der Waals surface area contributed by atoms with Crippen molar-refractivity contribution in [3.05, 3.63) is 352 Å². The highest BCUT2D eigenvalue weighted by atomic mass is 32.1. The minimum absolute atomic E-state index is 0.572. The van der Waals surface area contributed by atoms with E-state index in [4.69, 9.17) is 34.3 Å². The summed E-state index contributed by atoms with van der Waals surface area (Å²) in [7, 11) is 0. The SMILES string of the molecule is c1ccc(-c2nc(-c3ccccc3)nc(-c3ccc(-c4cccc5sc6ccc(-c7ccc8ccc(-c9ccc(-c%10cccc%11c%10oc%10cccc(-c%12nc(-c%13ccccc%13)nc(-c%13cccc%14sc%15ccc(-c%16ccc%17c%18ccccc%18c%18ccccc%18c%17c%16)cc%15c%13%14)n%12)c%10%11)cc9)cc8c7)cc6c45)cc3)n2)cc1. The number of fused-ring (bicyclic) bond motifs is 16. The molecule has 0 unspecified atom stereocenters. The Morgan fingerprint density at radius 1 is 0.183 bits per heavy atom. The minimum Gasteiger partial charge on any atom is -0.455 e. The minimum atomic E-state index is 0.572. The first kappa shape index (κ1) is 62.4. The molecule has 109 heavy (non-hydrogen) atoms. The Morgan fingerprint density at radius 3 is 1.08 bits per heavy atom. The van der Waals surface area contributed by atoms with Crippen molar-refractivity contribution in [1.82, 2.24) is 29.9 Å². The van der Waals surface area contributed by atoms with Crippen molar-refractivity contribution in [1.29, 1.82) is 0 Å². The molecule has 0 saturated heterocycles. The Morgan fingerprint density at radius 2 is 0.532 bits per heavy atom. The van der Waals surface area contributed by atoms with E-state index >= 15 is 0 Å². The van der Waals surface area contributed by atoms with Gasteiger partial charge in [-0.3, -0.25) is 0 Å². The van der Waals surface area contributed by atoms with Gasteiger partial charge in [0, 0.05) is 90.1 Å². The van der Waals surface area contributed by atoms with Gasteiger partial charge >= 0.3 is 0 Å². The van der Waals surface area contributed by atoms with Gasteiger partial charge < -0.3 is 4.42 Å². The topological polar surface area (TPSA) is 90.5 Å². The van der Waals surface area contributed by atoms with Gasteiger partial charge in [0.05, 0.1) is 0 Å². The lowest BCUT2D eigenvalue weighted by atomic mass is 9.92. The van der Waals surface area contributed by atoms with Crippen molar-refractivity contribution in [2.45, 2.75) is 0 Å². The molecule has 0 N–H and O–H groups in total. The van der Waals surface area contributed by atoms with Crippen LogP contribution < -0.4 is 0 Å². The number of aromatic nitrogens is 6. The summed E-state index contributed by atoms with van der Waals surface area (Å²) >= 11 is 3.64. The van der Waals surface area contributed by atoms with Crippen molar-refractivity contribution in [2.24, 2.45) is 0 Å².